The van der Waals surface area contributed by atoms with Crippen LogP contribution in [0.15, 0.2) is 36.4 Å². The Hall–Kier alpha value is -2.94. The number of pyridine rings is 1. The number of aromatic nitrogens is 1. The molecular weight excluding hydrogens is 268 g/mol. The van der Waals surface area contributed by atoms with E-state index in [1.165, 1.54) is 0 Å². The maximum absolute atomic E-state index is 12.1. The standard InChI is InChI=1S/C15H14N4O2/c16-9-3-6-12(14(17)20)19-15(21)13-8-7-10-4-1-2-5-11(10)18-13/h1-2,4-5,7-8,12H,3,6H2,(H2,17,20)(H,19,21)/t12-/m1/s1. The van der Waals surface area contributed by atoms with E-state index in [9.17, 15) is 9.59 Å². The average Bonchev–Trinajstić information content (AvgIpc) is 2.50. The number of primary amides is 1. The van der Waals surface area contributed by atoms with Crippen molar-refractivity contribution in [3.8, 4) is 6.07 Å². The predicted octanol–water partition coefficient (Wildman–Crippen LogP) is 1.12. The van der Waals surface area contributed by atoms with Gasteiger partial charge in [0.15, 0.2) is 0 Å². The molecule has 0 radical (unpaired) electrons. The van der Waals surface area contributed by atoms with Crippen LogP contribution >= 0.6 is 0 Å². The van der Waals surface area contributed by atoms with E-state index in [-0.39, 0.29) is 18.5 Å². The second kappa shape index (κ2) is 6.48. The molecule has 0 aliphatic carbocycles. The van der Waals surface area contributed by atoms with Crippen LogP contribution in [0.3, 0.4) is 0 Å². The van der Waals surface area contributed by atoms with Gasteiger partial charge in [-0.2, -0.15) is 5.26 Å². The molecule has 2 amide bonds. The average molecular weight is 282 g/mol. The SMILES string of the molecule is N#CCC[C@@H](NC(=O)c1ccc2ccccc2n1)C(N)=O. The van der Waals surface area contributed by atoms with Crippen LogP contribution in [0.1, 0.15) is 23.3 Å². The van der Waals surface area contributed by atoms with Gasteiger partial charge in [-0.05, 0) is 18.6 Å². The Morgan fingerprint density at radius 3 is 2.76 bits per heavy atom. The van der Waals surface area contributed by atoms with E-state index in [0.29, 0.717) is 5.52 Å². The van der Waals surface area contributed by atoms with Gasteiger partial charge in [-0.1, -0.05) is 24.3 Å². The van der Waals surface area contributed by atoms with Crippen LogP contribution in [0.2, 0.25) is 0 Å². The number of carbonyl (C=O) groups is 2. The molecule has 0 aliphatic rings. The van der Waals surface area contributed by atoms with E-state index < -0.39 is 17.9 Å². The molecule has 0 spiro atoms. The molecule has 0 aliphatic heterocycles. The number of hydrogen-bond donors (Lipinski definition) is 2. The van der Waals surface area contributed by atoms with Crippen LogP contribution in [0.4, 0.5) is 0 Å². The van der Waals surface area contributed by atoms with Crippen molar-refractivity contribution in [3.63, 3.8) is 0 Å². The van der Waals surface area contributed by atoms with Gasteiger partial charge < -0.3 is 11.1 Å². The Kier molecular flexibility index (Phi) is 4.46. The summed E-state index contributed by atoms with van der Waals surface area (Å²) in [5.41, 5.74) is 6.11. The molecule has 0 bridgehead atoms. The number of amides is 2. The number of nitrogens with zero attached hydrogens (tertiary/aromatic N) is 2. The topological polar surface area (TPSA) is 109 Å². The summed E-state index contributed by atoms with van der Waals surface area (Å²) in [6.07, 6.45) is 0.324. The van der Waals surface area contributed by atoms with E-state index >= 15 is 0 Å². The second-order valence-corrected chi connectivity index (χ2v) is 4.51. The van der Waals surface area contributed by atoms with Gasteiger partial charge >= 0.3 is 0 Å². The molecule has 106 valence electrons. The minimum absolute atomic E-state index is 0.138. The maximum atomic E-state index is 12.1. The van der Waals surface area contributed by atoms with E-state index in [4.69, 9.17) is 11.0 Å². The minimum Gasteiger partial charge on any atom is -0.368 e. The van der Waals surface area contributed by atoms with Crippen LogP contribution in [-0.2, 0) is 4.79 Å². The molecular formula is C15H14N4O2. The molecule has 6 heteroatoms. The molecule has 0 saturated carbocycles. The number of carbonyl (C=O) groups excluding carboxylic acids is 2. The van der Waals surface area contributed by atoms with Gasteiger partial charge in [-0.25, -0.2) is 4.98 Å². The Bertz CT molecular complexity index is 721. The number of nitrogens with two attached hydrogens (primary N) is 1. The number of nitriles is 1. The smallest absolute Gasteiger partial charge is 0.270 e. The fourth-order valence-corrected chi connectivity index (χ4v) is 1.92. The van der Waals surface area contributed by atoms with Crippen LogP contribution in [0, 0.1) is 11.3 Å². The molecule has 3 N–H and O–H groups in total. The van der Waals surface area contributed by atoms with Crippen molar-refractivity contribution >= 4 is 22.7 Å². The number of hydrogen-bond acceptors (Lipinski definition) is 4. The van der Waals surface area contributed by atoms with Crippen molar-refractivity contribution in [1.82, 2.24) is 10.3 Å². The van der Waals surface area contributed by atoms with E-state index in [1.54, 1.807) is 18.2 Å². The van der Waals surface area contributed by atoms with Crippen molar-refractivity contribution in [3.05, 3.63) is 42.1 Å². The van der Waals surface area contributed by atoms with E-state index in [2.05, 4.69) is 10.3 Å². The first-order valence-corrected chi connectivity index (χ1v) is 6.44. The highest BCUT2D eigenvalue weighted by atomic mass is 16.2. The van der Waals surface area contributed by atoms with Crippen molar-refractivity contribution < 1.29 is 9.59 Å². The summed E-state index contributed by atoms with van der Waals surface area (Å²) < 4.78 is 0. The number of rotatable bonds is 5. The number of nitrogens with one attached hydrogen (secondary N) is 1. The third-order valence-electron chi connectivity index (χ3n) is 3.02. The molecule has 0 fully saturated rings. The Morgan fingerprint density at radius 1 is 1.29 bits per heavy atom. The summed E-state index contributed by atoms with van der Waals surface area (Å²) in [5.74, 6) is -1.15. The first kappa shape index (κ1) is 14.5. The summed E-state index contributed by atoms with van der Waals surface area (Å²) in [5, 5.41) is 12.0. The zero-order valence-electron chi connectivity index (χ0n) is 11.2. The zero-order chi connectivity index (χ0) is 15.2. The third kappa shape index (κ3) is 3.54. The molecule has 0 unspecified atom stereocenters. The highest BCUT2D eigenvalue weighted by Crippen LogP contribution is 2.12. The Labute approximate surface area is 121 Å². The lowest BCUT2D eigenvalue weighted by Gasteiger charge is -2.13. The van der Waals surface area contributed by atoms with Crippen molar-refractivity contribution in [2.24, 2.45) is 5.73 Å². The lowest BCUT2D eigenvalue weighted by molar-refractivity contribution is -0.119. The normalized spacial score (nSPS) is 11.6. The van der Waals surface area contributed by atoms with Crippen LogP contribution in [0.5, 0.6) is 0 Å². The quantitative estimate of drug-likeness (QED) is 0.856. The first-order chi connectivity index (χ1) is 10.1. The van der Waals surface area contributed by atoms with E-state index in [1.807, 2.05) is 24.3 Å². The van der Waals surface area contributed by atoms with Gasteiger partial charge in [0.25, 0.3) is 5.91 Å². The molecule has 2 rings (SSSR count). The number of para-hydroxylation sites is 1. The van der Waals surface area contributed by atoms with Gasteiger partial charge in [-0.3, -0.25) is 9.59 Å². The largest absolute Gasteiger partial charge is 0.368 e. The fourth-order valence-electron chi connectivity index (χ4n) is 1.92. The van der Waals surface area contributed by atoms with Crippen LogP contribution in [-0.4, -0.2) is 22.8 Å². The molecule has 1 atom stereocenters. The van der Waals surface area contributed by atoms with Crippen LogP contribution in [0.25, 0.3) is 10.9 Å². The fraction of sp³-hybridized carbons (Fsp3) is 0.200. The van der Waals surface area contributed by atoms with E-state index in [0.717, 1.165) is 5.39 Å². The summed E-state index contributed by atoms with van der Waals surface area (Å²) >= 11 is 0. The summed E-state index contributed by atoms with van der Waals surface area (Å²) in [4.78, 5) is 27.6. The summed E-state index contributed by atoms with van der Waals surface area (Å²) in [6, 6.07) is 11.8. The Balaban J connectivity index is 2.17. The second-order valence-electron chi connectivity index (χ2n) is 4.51. The first-order valence-electron chi connectivity index (χ1n) is 6.44. The Morgan fingerprint density at radius 2 is 2.05 bits per heavy atom. The minimum atomic E-state index is -0.870. The highest BCUT2D eigenvalue weighted by Gasteiger charge is 2.19. The van der Waals surface area contributed by atoms with Gasteiger partial charge in [0.1, 0.15) is 11.7 Å². The number of benzene rings is 1. The zero-order valence-corrected chi connectivity index (χ0v) is 11.2. The van der Waals surface area contributed by atoms with Crippen molar-refractivity contribution in [1.29, 1.82) is 5.26 Å². The molecule has 1 aromatic carbocycles. The lowest BCUT2D eigenvalue weighted by Crippen LogP contribution is -2.44. The molecule has 1 heterocycles. The van der Waals surface area contributed by atoms with Gasteiger partial charge in [-0.15, -0.1) is 0 Å². The maximum Gasteiger partial charge on any atom is 0.270 e. The monoisotopic (exact) mass is 282 g/mol. The number of fused-ring (bicyclic) bond motifs is 1. The summed E-state index contributed by atoms with van der Waals surface area (Å²) in [6.45, 7) is 0. The lowest BCUT2D eigenvalue weighted by atomic mass is 10.1. The van der Waals surface area contributed by atoms with Gasteiger partial charge in [0, 0.05) is 11.8 Å². The third-order valence-corrected chi connectivity index (χ3v) is 3.02. The van der Waals surface area contributed by atoms with Gasteiger partial charge in [0.05, 0.1) is 11.6 Å². The molecule has 1 aromatic heterocycles. The molecule has 2 aromatic rings. The highest BCUT2D eigenvalue weighted by molar-refractivity contribution is 5.97. The van der Waals surface area contributed by atoms with Crippen LogP contribution < -0.4 is 11.1 Å². The molecule has 6 nitrogen and oxygen atoms in total. The summed E-state index contributed by atoms with van der Waals surface area (Å²) in [7, 11) is 0. The molecule has 0 saturated heterocycles. The molecule has 21 heavy (non-hydrogen) atoms. The predicted molar refractivity (Wildman–Crippen MR) is 77.0 cm³/mol. The van der Waals surface area contributed by atoms with Gasteiger partial charge in [0.2, 0.25) is 5.91 Å². The van der Waals surface area contributed by atoms with Crippen molar-refractivity contribution in [2.45, 2.75) is 18.9 Å². The van der Waals surface area contributed by atoms with Crippen molar-refractivity contribution in [2.75, 3.05) is 0 Å².